The maximum absolute atomic E-state index is 11.2. The van der Waals surface area contributed by atoms with Crippen molar-refractivity contribution in [3.8, 4) is 0 Å². The van der Waals surface area contributed by atoms with Crippen LogP contribution in [0.15, 0.2) is 28.7 Å². The highest BCUT2D eigenvalue weighted by Gasteiger charge is 2.20. The molecule has 3 N–H and O–H groups in total. The topological polar surface area (TPSA) is 84.5 Å². The molecule has 0 amide bonds. The highest BCUT2D eigenvalue weighted by molar-refractivity contribution is 7.91. The van der Waals surface area contributed by atoms with Crippen molar-refractivity contribution < 1.29 is 8.42 Å². The molecule has 1 aromatic carbocycles. The van der Waals surface area contributed by atoms with E-state index in [-0.39, 0.29) is 5.84 Å². The fraction of sp³-hybridized carbons (Fsp3) is 0.100. The second-order valence-corrected chi connectivity index (χ2v) is 4.70. The predicted molar refractivity (Wildman–Crippen MR) is 64.4 cm³/mol. The Bertz CT molecular complexity index is 588. The Morgan fingerprint density at radius 1 is 1.44 bits per heavy atom. The Hall–Kier alpha value is -1.82. The van der Waals surface area contributed by atoms with Crippen LogP contribution in [0.3, 0.4) is 0 Å². The van der Waals surface area contributed by atoms with E-state index in [1.54, 1.807) is 18.2 Å². The lowest BCUT2D eigenvalue weighted by Crippen LogP contribution is -2.26. The van der Waals surface area contributed by atoms with Crippen LogP contribution in [0.1, 0.15) is 18.1 Å². The Labute approximate surface area is 93.9 Å². The van der Waals surface area contributed by atoms with Crippen molar-refractivity contribution in [3.05, 3.63) is 35.4 Å². The molecule has 1 aliphatic rings. The number of hydrogen-bond acceptors (Lipinski definition) is 3. The lowest BCUT2D eigenvalue weighted by Gasteiger charge is -2.15. The van der Waals surface area contributed by atoms with Gasteiger partial charge in [0.1, 0.15) is 5.84 Å². The summed E-state index contributed by atoms with van der Waals surface area (Å²) >= 11 is 0. The normalized spacial score (nSPS) is 17.7. The Kier molecular flexibility index (Phi) is 2.43. The third kappa shape index (κ3) is 1.92. The summed E-state index contributed by atoms with van der Waals surface area (Å²) in [6.07, 6.45) is 3.79. The first-order valence-electron chi connectivity index (χ1n) is 4.67. The molecule has 16 heavy (non-hydrogen) atoms. The van der Waals surface area contributed by atoms with Gasteiger partial charge in [-0.25, -0.2) is 0 Å². The van der Waals surface area contributed by atoms with Crippen LogP contribution in [-0.4, -0.2) is 14.3 Å². The van der Waals surface area contributed by atoms with Gasteiger partial charge in [0.25, 0.3) is 0 Å². The fourth-order valence-electron chi connectivity index (χ4n) is 1.50. The molecule has 6 heteroatoms. The maximum Gasteiger partial charge on any atom is 0.344 e. The van der Waals surface area contributed by atoms with Gasteiger partial charge >= 0.3 is 10.2 Å². The van der Waals surface area contributed by atoms with Crippen LogP contribution in [0.2, 0.25) is 0 Å². The average molecular weight is 237 g/mol. The molecule has 0 fully saturated rings. The van der Waals surface area contributed by atoms with E-state index in [9.17, 15) is 8.42 Å². The lowest BCUT2D eigenvalue weighted by atomic mass is 10.1. The van der Waals surface area contributed by atoms with E-state index in [2.05, 4.69) is 9.12 Å². The van der Waals surface area contributed by atoms with E-state index in [4.69, 9.17) is 5.73 Å². The number of benzene rings is 1. The lowest BCUT2D eigenvalue weighted by molar-refractivity contribution is 0.602. The van der Waals surface area contributed by atoms with Crippen molar-refractivity contribution in [3.63, 3.8) is 0 Å². The Morgan fingerprint density at radius 2 is 2.19 bits per heavy atom. The van der Waals surface area contributed by atoms with Crippen molar-refractivity contribution in [1.82, 2.24) is 0 Å². The van der Waals surface area contributed by atoms with Gasteiger partial charge in [0.05, 0.1) is 5.69 Å². The molecule has 1 aliphatic heterocycles. The molecule has 0 spiro atoms. The molecule has 0 aliphatic carbocycles. The third-order valence-electron chi connectivity index (χ3n) is 2.14. The van der Waals surface area contributed by atoms with E-state index in [0.29, 0.717) is 11.3 Å². The minimum atomic E-state index is -3.68. The summed E-state index contributed by atoms with van der Waals surface area (Å²) in [6, 6.07) is 5.26. The van der Waals surface area contributed by atoms with Crippen molar-refractivity contribution in [1.29, 1.82) is 0 Å². The van der Waals surface area contributed by atoms with Gasteiger partial charge in [-0.3, -0.25) is 4.72 Å². The zero-order valence-corrected chi connectivity index (χ0v) is 9.45. The molecule has 0 saturated heterocycles. The van der Waals surface area contributed by atoms with Crippen LogP contribution < -0.4 is 10.5 Å². The van der Waals surface area contributed by atoms with Crippen LogP contribution in [-0.2, 0) is 10.2 Å². The standard InChI is InChI=1S/C10H11N3O2S/c1-2-3-7-4-5-9-8(6-7)10(11)13-16(14,15)12-9/h2-6,12H,1H3,(H2,11,13). The molecule has 0 aromatic heterocycles. The number of amidine groups is 1. The highest BCUT2D eigenvalue weighted by Crippen LogP contribution is 2.23. The van der Waals surface area contributed by atoms with Gasteiger partial charge in [0.15, 0.2) is 0 Å². The molecular weight excluding hydrogens is 226 g/mol. The molecule has 2 rings (SSSR count). The minimum absolute atomic E-state index is 0.0140. The molecule has 0 bridgehead atoms. The van der Waals surface area contributed by atoms with Gasteiger partial charge < -0.3 is 5.73 Å². The maximum atomic E-state index is 11.2. The van der Waals surface area contributed by atoms with Crippen LogP contribution in [0.25, 0.3) is 6.08 Å². The summed E-state index contributed by atoms with van der Waals surface area (Å²) in [5.74, 6) is 0.0140. The number of hydrogen-bond donors (Lipinski definition) is 2. The molecule has 1 aromatic rings. The van der Waals surface area contributed by atoms with E-state index < -0.39 is 10.2 Å². The molecule has 0 atom stereocenters. The molecule has 0 radical (unpaired) electrons. The second-order valence-electron chi connectivity index (χ2n) is 3.36. The van der Waals surface area contributed by atoms with Crippen LogP contribution in [0.5, 0.6) is 0 Å². The van der Waals surface area contributed by atoms with Gasteiger partial charge in [-0.1, -0.05) is 18.2 Å². The first-order chi connectivity index (χ1) is 7.52. The van der Waals surface area contributed by atoms with Crippen LogP contribution in [0, 0.1) is 0 Å². The number of nitrogens with two attached hydrogens (primary N) is 1. The molecule has 84 valence electrons. The highest BCUT2D eigenvalue weighted by atomic mass is 32.2. The first-order valence-corrected chi connectivity index (χ1v) is 6.11. The van der Waals surface area contributed by atoms with Crippen LogP contribution >= 0.6 is 0 Å². The monoisotopic (exact) mass is 237 g/mol. The van der Waals surface area contributed by atoms with Crippen LogP contribution in [0.4, 0.5) is 5.69 Å². The Balaban J connectivity index is 2.58. The van der Waals surface area contributed by atoms with Gasteiger partial charge in [-0.05, 0) is 24.6 Å². The fourth-order valence-corrected chi connectivity index (χ4v) is 2.36. The third-order valence-corrected chi connectivity index (χ3v) is 3.05. The van der Waals surface area contributed by atoms with Gasteiger partial charge in [-0.15, -0.1) is 4.40 Å². The van der Waals surface area contributed by atoms with E-state index in [0.717, 1.165) is 5.56 Å². The van der Waals surface area contributed by atoms with E-state index in [1.807, 2.05) is 19.1 Å². The first kappa shape index (κ1) is 10.7. The van der Waals surface area contributed by atoms with Gasteiger partial charge in [0, 0.05) is 5.56 Å². The van der Waals surface area contributed by atoms with Gasteiger partial charge in [-0.2, -0.15) is 8.42 Å². The largest absolute Gasteiger partial charge is 0.382 e. The number of rotatable bonds is 1. The quantitative estimate of drug-likeness (QED) is 0.766. The Morgan fingerprint density at radius 3 is 2.88 bits per heavy atom. The smallest absolute Gasteiger partial charge is 0.344 e. The second kappa shape index (κ2) is 3.64. The van der Waals surface area contributed by atoms with Gasteiger partial charge in [0.2, 0.25) is 0 Å². The summed E-state index contributed by atoms with van der Waals surface area (Å²) in [5, 5.41) is 0. The number of anilines is 1. The van der Waals surface area contributed by atoms with E-state index in [1.165, 1.54) is 0 Å². The number of fused-ring (bicyclic) bond motifs is 1. The summed E-state index contributed by atoms with van der Waals surface area (Å²) in [6.45, 7) is 1.90. The predicted octanol–water partition coefficient (Wildman–Crippen LogP) is 1.10. The SMILES string of the molecule is CC=Cc1ccc2c(c1)C(N)=NS(=O)(=O)N2. The minimum Gasteiger partial charge on any atom is -0.382 e. The van der Waals surface area contributed by atoms with E-state index >= 15 is 0 Å². The zero-order valence-electron chi connectivity index (χ0n) is 8.64. The summed E-state index contributed by atoms with van der Waals surface area (Å²) in [5.41, 5.74) is 7.60. The number of allylic oxidation sites excluding steroid dienone is 1. The van der Waals surface area contributed by atoms with Crippen molar-refractivity contribution in [2.45, 2.75) is 6.92 Å². The molecule has 0 unspecified atom stereocenters. The summed E-state index contributed by atoms with van der Waals surface area (Å²) in [4.78, 5) is 0. The van der Waals surface area contributed by atoms with Crippen molar-refractivity contribution >= 4 is 27.8 Å². The molecule has 5 nitrogen and oxygen atoms in total. The van der Waals surface area contributed by atoms with Crippen molar-refractivity contribution in [2.75, 3.05) is 4.72 Å². The molecular formula is C10H11N3O2S. The molecule has 0 saturated carbocycles. The number of nitrogens with one attached hydrogen (secondary N) is 1. The summed E-state index contributed by atoms with van der Waals surface area (Å²) in [7, 11) is -3.68. The van der Waals surface area contributed by atoms with Crippen molar-refractivity contribution in [2.24, 2.45) is 10.1 Å². The average Bonchev–Trinajstić information content (AvgIpc) is 2.18. The molecule has 1 heterocycles. The number of nitrogens with zero attached hydrogens (tertiary/aromatic N) is 1. The summed E-state index contributed by atoms with van der Waals surface area (Å²) < 4.78 is 28.2. The zero-order chi connectivity index (χ0) is 11.8.